The molecule has 8 heteroatoms. The molecule has 130 valence electrons. The zero-order valence-corrected chi connectivity index (χ0v) is 14.8. The van der Waals surface area contributed by atoms with Crippen molar-refractivity contribution in [3.63, 3.8) is 0 Å². The maximum Gasteiger partial charge on any atom is 0.273 e. The Labute approximate surface area is 145 Å². The average Bonchev–Trinajstić information content (AvgIpc) is 3.24. The lowest BCUT2D eigenvalue weighted by Gasteiger charge is -2.32. The summed E-state index contributed by atoms with van der Waals surface area (Å²) >= 11 is 1.58. The molecular formula is C16H24N6OS. The maximum absolute atomic E-state index is 12.7. The number of likely N-dealkylation sites (tertiary alicyclic amines) is 1. The quantitative estimate of drug-likeness (QED) is 0.858. The van der Waals surface area contributed by atoms with Crippen molar-refractivity contribution in [1.29, 1.82) is 0 Å². The number of carbonyl (C=O) groups is 1. The van der Waals surface area contributed by atoms with Gasteiger partial charge in [-0.25, -0.2) is 4.98 Å². The van der Waals surface area contributed by atoms with Crippen molar-refractivity contribution < 1.29 is 4.79 Å². The summed E-state index contributed by atoms with van der Waals surface area (Å²) in [6.45, 7) is 4.85. The number of thiazole rings is 1. The predicted octanol–water partition coefficient (Wildman–Crippen LogP) is 1.70. The molecule has 2 N–H and O–H groups in total. The number of carbonyl (C=O) groups excluding carboxylic acids is 1. The van der Waals surface area contributed by atoms with Crippen LogP contribution in [0.15, 0.2) is 11.6 Å². The van der Waals surface area contributed by atoms with E-state index in [1.807, 2.05) is 21.2 Å². The topological polar surface area (TPSA) is 89.9 Å². The molecule has 1 amide bonds. The van der Waals surface area contributed by atoms with E-state index in [0.717, 1.165) is 56.0 Å². The average molecular weight is 348 g/mol. The molecule has 0 aliphatic carbocycles. The number of hydrogen-bond acceptors (Lipinski definition) is 6. The van der Waals surface area contributed by atoms with E-state index in [0.29, 0.717) is 18.2 Å². The first-order valence-electron chi connectivity index (χ1n) is 8.52. The van der Waals surface area contributed by atoms with Crippen molar-refractivity contribution in [3.8, 4) is 0 Å². The first-order valence-corrected chi connectivity index (χ1v) is 9.40. The van der Waals surface area contributed by atoms with Crippen LogP contribution in [-0.2, 0) is 19.5 Å². The molecule has 2 aromatic rings. The molecule has 0 saturated carbocycles. The Morgan fingerprint density at radius 3 is 3.12 bits per heavy atom. The predicted molar refractivity (Wildman–Crippen MR) is 92.6 cm³/mol. The molecule has 0 spiro atoms. The van der Waals surface area contributed by atoms with E-state index in [2.05, 4.69) is 22.2 Å². The summed E-state index contributed by atoms with van der Waals surface area (Å²) in [5, 5.41) is 11.1. The molecule has 24 heavy (non-hydrogen) atoms. The minimum atomic E-state index is 0.0551. The summed E-state index contributed by atoms with van der Waals surface area (Å²) in [7, 11) is 0. The van der Waals surface area contributed by atoms with Crippen LogP contribution in [0.4, 0.5) is 0 Å². The van der Waals surface area contributed by atoms with Crippen molar-refractivity contribution in [3.05, 3.63) is 28.0 Å². The van der Waals surface area contributed by atoms with Crippen LogP contribution in [0, 0.1) is 5.92 Å². The smallest absolute Gasteiger partial charge is 0.273 e. The number of aromatic nitrogens is 4. The highest BCUT2D eigenvalue weighted by Crippen LogP contribution is 2.21. The number of amides is 1. The molecule has 1 aliphatic rings. The van der Waals surface area contributed by atoms with Crippen LogP contribution in [0.2, 0.25) is 0 Å². The van der Waals surface area contributed by atoms with Gasteiger partial charge < -0.3 is 10.6 Å². The Morgan fingerprint density at radius 1 is 1.50 bits per heavy atom. The Bertz CT molecular complexity index is 682. The van der Waals surface area contributed by atoms with E-state index < -0.39 is 0 Å². The van der Waals surface area contributed by atoms with Gasteiger partial charge in [-0.15, -0.1) is 16.4 Å². The van der Waals surface area contributed by atoms with E-state index in [9.17, 15) is 4.79 Å². The normalized spacial score (nSPS) is 18.1. The van der Waals surface area contributed by atoms with Gasteiger partial charge in [-0.05, 0) is 31.6 Å². The molecule has 1 atom stereocenters. The summed E-state index contributed by atoms with van der Waals surface area (Å²) in [6.07, 6.45) is 5.99. The molecule has 1 fully saturated rings. The standard InChI is InChI=1S/C16H24N6OS/c1-2-4-15-18-14(11-24-15)16(23)21-6-3-5-12(8-21)9-22-10-13(7-17)19-20-22/h10-12H,2-9,17H2,1H3. The Morgan fingerprint density at radius 2 is 2.38 bits per heavy atom. The van der Waals surface area contributed by atoms with Gasteiger partial charge in [0.25, 0.3) is 5.91 Å². The molecule has 7 nitrogen and oxygen atoms in total. The number of aryl methyl sites for hydroxylation is 1. The van der Waals surface area contributed by atoms with Crippen LogP contribution in [0.25, 0.3) is 0 Å². The van der Waals surface area contributed by atoms with E-state index in [4.69, 9.17) is 5.73 Å². The highest BCUT2D eigenvalue weighted by Gasteiger charge is 2.26. The van der Waals surface area contributed by atoms with Gasteiger partial charge in [0.1, 0.15) is 5.69 Å². The zero-order valence-electron chi connectivity index (χ0n) is 14.0. The van der Waals surface area contributed by atoms with Gasteiger partial charge in [-0.1, -0.05) is 12.1 Å². The second-order valence-corrected chi connectivity index (χ2v) is 7.21. The van der Waals surface area contributed by atoms with Gasteiger partial charge in [0.05, 0.1) is 10.7 Å². The lowest BCUT2D eigenvalue weighted by Crippen LogP contribution is -2.41. The second-order valence-electron chi connectivity index (χ2n) is 6.27. The molecular weight excluding hydrogens is 324 g/mol. The number of hydrogen-bond donors (Lipinski definition) is 1. The Hall–Kier alpha value is -1.80. The Balaban J connectivity index is 1.60. The van der Waals surface area contributed by atoms with Crippen molar-refractivity contribution in [2.45, 2.75) is 45.7 Å². The molecule has 1 unspecified atom stereocenters. The largest absolute Gasteiger partial charge is 0.337 e. The van der Waals surface area contributed by atoms with Gasteiger partial charge in [0.15, 0.2) is 0 Å². The monoisotopic (exact) mass is 348 g/mol. The van der Waals surface area contributed by atoms with Gasteiger partial charge >= 0.3 is 0 Å². The van der Waals surface area contributed by atoms with Crippen molar-refractivity contribution in [1.82, 2.24) is 24.9 Å². The molecule has 0 bridgehead atoms. The number of piperidine rings is 1. The van der Waals surface area contributed by atoms with E-state index in [1.54, 1.807) is 11.3 Å². The molecule has 0 radical (unpaired) electrons. The van der Waals surface area contributed by atoms with Crippen LogP contribution >= 0.6 is 11.3 Å². The third-order valence-corrected chi connectivity index (χ3v) is 5.19. The maximum atomic E-state index is 12.7. The van der Waals surface area contributed by atoms with Crippen LogP contribution in [0.5, 0.6) is 0 Å². The lowest BCUT2D eigenvalue weighted by atomic mass is 9.98. The van der Waals surface area contributed by atoms with E-state index in [-0.39, 0.29) is 5.91 Å². The fourth-order valence-electron chi connectivity index (χ4n) is 3.08. The van der Waals surface area contributed by atoms with Gasteiger partial charge in [-0.2, -0.15) is 0 Å². The lowest BCUT2D eigenvalue weighted by molar-refractivity contribution is 0.0654. The third-order valence-electron chi connectivity index (χ3n) is 4.28. The third kappa shape index (κ3) is 3.99. The molecule has 2 aromatic heterocycles. The summed E-state index contributed by atoms with van der Waals surface area (Å²) < 4.78 is 1.84. The fourth-order valence-corrected chi connectivity index (χ4v) is 3.96. The van der Waals surface area contributed by atoms with Gasteiger partial charge in [-0.3, -0.25) is 9.48 Å². The summed E-state index contributed by atoms with van der Waals surface area (Å²) in [5.41, 5.74) is 6.96. The molecule has 3 rings (SSSR count). The molecule has 3 heterocycles. The van der Waals surface area contributed by atoms with Crippen molar-refractivity contribution in [2.24, 2.45) is 11.7 Å². The van der Waals surface area contributed by atoms with Crippen LogP contribution in [0.1, 0.15) is 47.4 Å². The summed E-state index contributed by atoms with van der Waals surface area (Å²) in [4.78, 5) is 19.1. The first-order chi connectivity index (χ1) is 11.7. The minimum absolute atomic E-state index is 0.0551. The minimum Gasteiger partial charge on any atom is -0.337 e. The Kier molecular flexibility index (Phi) is 5.57. The first kappa shape index (κ1) is 17.0. The number of nitrogens with two attached hydrogens (primary N) is 1. The summed E-state index contributed by atoms with van der Waals surface area (Å²) in [5.74, 6) is 0.448. The summed E-state index contributed by atoms with van der Waals surface area (Å²) in [6, 6.07) is 0. The number of nitrogens with zero attached hydrogens (tertiary/aromatic N) is 5. The van der Waals surface area contributed by atoms with Gasteiger partial charge in [0, 0.05) is 37.8 Å². The van der Waals surface area contributed by atoms with E-state index >= 15 is 0 Å². The van der Waals surface area contributed by atoms with Crippen molar-refractivity contribution in [2.75, 3.05) is 13.1 Å². The molecule has 1 aliphatic heterocycles. The van der Waals surface area contributed by atoms with Gasteiger partial charge in [0.2, 0.25) is 0 Å². The van der Waals surface area contributed by atoms with Crippen molar-refractivity contribution >= 4 is 17.2 Å². The fraction of sp³-hybridized carbons (Fsp3) is 0.625. The number of rotatable bonds is 6. The van der Waals surface area contributed by atoms with E-state index in [1.165, 1.54) is 0 Å². The van der Waals surface area contributed by atoms with Crippen LogP contribution in [-0.4, -0.2) is 43.9 Å². The molecule has 0 aromatic carbocycles. The van der Waals surface area contributed by atoms with Crippen LogP contribution in [0.3, 0.4) is 0 Å². The SMILES string of the molecule is CCCc1nc(C(=O)N2CCCC(Cn3cc(CN)nn3)C2)cs1. The van der Waals surface area contributed by atoms with Crippen LogP contribution < -0.4 is 5.73 Å². The zero-order chi connectivity index (χ0) is 16.9. The second kappa shape index (κ2) is 7.85. The molecule has 1 saturated heterocycles. The highest BCUT2D eigenvalue weighted by molar-refractivity contribution is 7.09. The highest BCUT2D eigenvalue weighted by atomic mass is 32.1.